The zero-order chi connectivity index (χ0) is 27.5. The zero-order valence-corrected chi connectivity index (χ0v) is 22.9. The standard InChI is InChI=1S/C22H43B3N6O5/c1-4-18(15-30(8-5-26-3)21(35)12-24)27-6-9-31(22(36)13-25)16-19(33)28-7-10-29(14-17(2)32)20(34)11-23/h4,26-27H,5-16,23-25H2,1-3H3,(H,28,33)/b18-4-. The summed E-state index contributed by atoms with van der Waals surface area (Å²) in [4.78, 5) is 65.2. The van der Waals surface area contributed by atoms with Gasteiger partial charge in [-0.3, -0.25) is 24.0 Å². The molecule has 11 nitrogen and oxygen atoms in total. The normalized spacial score (nSPS) is 10.9. The molecule has 0 unspecified atom stereocenters. The summed E-state index contributed by atoms with van der Waals surface area (Å²) in [6.45, 7) is 6.11. The topological polar surface area (TPSA) is 131 Å². The van der Waals surface area contributed by atoms with Crippen LogP contribution in [0.5, 0.6) is 0 Å². The van der Waals surface area contributed by atoms with Crippen LogP contribution in [-0.4, -0.2) is 134 Å². The van der Waals surface area contributed by atoms with Crippen LogP contribution in [0.3, 0.4) is 0 Å². The average molecular weight is 504 g/mol. The van der Waals surface area contributed by atoms with E-state index in [1.165, 1.54) is 16.7 Å². The first-order valence-electron chi connectivity index (χ1n) is 12.8. The maximum atomic E-state index is 12.5. The molecule has 0 aromatic rings. The van der Waals surface area contributed by atoms with Gasteiger partial charge in [0, 0.05) is 45.0 Å². The lowest BCUT2D eigenvalue weighted by Gasteiger charge is -2.26. The minimum atomic E-state index is -0.332. The van der Waals surface area contributed by atoms with Crippen molar-refractivity contribution in [1.82, 2.24) is 30.7 Å². The van der Waals surface area contributed by atoms with E-state index in [1.54, 1.807) is 20.6 Å². The van der Waals surface area contributed by atoms with Crippen molar-refractivity contribution in [1.29, 1.82) is 0 Å². The number of rotatable bonds is 19. The SMILES string of the molecule is BCC(=O)N(CCNC(=O)CN(CCN/C(=C\C)CN(CCNC)C(=O)CB)C(=O)CB)CC(C)=O. The molecule has 0 spiro atoms. The van der Waals surface area contributed by atoms with Crippen LogP contribution in [0, 0.1) is 0 Å². The summed E-state index contributed by atoms with van der Waals surface area (Å²) in [5.74, 6) is -0.696. The van der Waals surface area contributed by atoms with Crippen molar-refractivity contribution in [2.75, 3.05) is 66.0 Å². The molecule has 0 fully saturated rings. The highest BCUT2D eigenvalue weighted by atomic mass is 16.2. The summed E-state index contributed by atoms with van der Waals surface area (Å²) in [7, 11) is 7.13. The monoisotopic (exact) mass is 504 g/mol. The van der Waals surface area contributed by atoms with Gasteiger partial charge >= 0.3 is 0 Å². The number of hydrogen-bond acceptors (Lipinski definition) is 7. The van der Waals surface area contributed by atoms with Crippen LogP contribution in [-0.2, 0) is 24.0 Å². The Morgan fingerprint density at radius 3 is 1.58 bits per heavy atom. The van der Waals surface area contributed by atoms with E-state index < -0.39 is 0 Å². The number of ketones is 1. The van der Waals surface area contributed by atoms with E-state index in [9.17, 15) is 24.0 Å². The number of Topliss-reactive ketones (excluding diaryl/α,β-unsaturated/α-hetero) is 1. The van der Waals surface area contributed by atoms with Crippen LogP contribution < -0.4 is 16.0 Å². The average Bonchev–Trinajstić information content (AvgIpc) is 2.86. The lowest BCUT2D eigenvalue weighted by molar-refractivity contribution is -0.134. The number of carbonyl (C=O) groups excluding carboxylic acids is 5. The highest BCUT2D eigenvalue weighted by molar-refractivity contribution is 6.20. The fourth-order valence-electron chi connectivity index (χ4n) is 3.43. The highest BCUT2D eigenvalue weighted by Crippen LogP contribution is 2.01. The predicted octanol–water partition coefficient (Wildman–Crippen LogP) is -3.96. The smallest absolute Gasteiger partial charge is 0.239 e. The van der Waals surface area contributed by atoms with Gasteiger partial charge in [-0.1, -0.05) is 6.08 Å². The number of nitrogens with one attached hydrogen (secondary N) is 3. The van der Waals surface area contributed by atoms with Crippen LogP contribution in [0.15, 0.2) is 11.8 Å². The quantitative estimate of drug-likeness (QED) is 0.153. The molecule has 4 amide bonds. The Labute approximate surface area is 218 Å². The van der Waals surface area contributed by atoms with Crippen LogP contribution in [0.1, 0.15) is 13.8 Å². The molecule has 0 bridgehead atoms. The lowest BCUT2D eigenvalue weighted by Crippen LogP contribution is -2.46. The van der Waals surface area contributed by atoms with Crippen molar-refractivity contribution in [3.63, 3.8) is 0 Å². The summed E-state index contributed by atoms with van der Waals surface area (Å²) in [5.41, 5.74) is 0.868. The maximum Gasteiger partial charge on any atom is 0.239 e. The second-order valence-corrected chi connectivity index (χ2v) is 8.40. The van der Waals surface area contributed by atoms with Crippen molar-refractivity contribution < 1.29 is 24.0 Å². The summed E-state index contributed by atoms with van der Waals surface area (Å²) in [6.07, 6.45) is 2.87. The van der Waals surface area contributed by atoms with Gasteiger partial charge < -0.3 is 30.7 Å². The molecule has 0 saturated carbocycles. The van der Waals surface area contributed by atoms with Gasteiger partial charge in [-0.25, -0.2) is 0 Å². The van der Waals surface area contributed by atoms with E-state index in [0.717, 1.165) is 5.70 Å². The Balaban J connectivity index is 4.84. The minimum Gasteiger partial charge on any atom is -0.385 e. The van der Waals surface area contributed by atoms with E-state index >= 15 is 0 Å². The molecule has 0 saturated heterocycles. The van der Waals surface area contributed by atoms with Gasteiger partial charge in [0.2, 0.25) is 23.6 Å². The second kappa shape index (κ2) is 19.4. The molecule has 0 aliphatic rings. The number of amides is 4. The molecule has 0 aromatic heterocycles. The van der Waals surface area contributed by atoms with Gasteiger partial charge in [0.05, 0.1) is 19.6 Å². The van der Waals surface area contributed by atoms with Crippen molar-refractivity contribution in [3.8, 4) is 0 Å². The van der Waals surface area contributed by atoms with E-state index in [0.29, 0.717) is 39.0 Å². The molecule has 0 aromatic carbocycles. The molecule has 36 heavy (non-hydrogen) atoms. The lowest BCUT2D eigenvalue weighted by atomic mass is 10.0. The van der Waals surface area contributed by atoms with Crippen LogP contribution in [0.4, 0.5) is 0 Å². The van der Waals surface area contributed by atoms with Gasteiger partial charge in [-0.05, 0) is 39.9 Å². The minimum absolute atomic E-state index is 0.0121. The molecule has 0 aliphatic heterocycles. The second-order valence-electron chi connectivity index (χ2n) is 8.40. The largest absolute Gasteiger partial charge is 0.385 e. The highest BCUT2D eigenvalue weighted by Gasteiger charge is 2.18. The fraction of sp³-hybridized carbons (Fsp3) is 0.682. The van der Waals surface area contributed by atoms with Crippen molar-refractivity contribution in [2.45, 2.75) is 32.8 Å². The van der Waals surface area contributed by atoms with E-state index in [-0.39, 0.29) is 68.2 Å². The first-order chi connectivity index (χ1) is 17.1. The number of likely N-dealkylation sites (N-methyl/N-ethyl adjacent to an activating group) is 1. The van der Waals surface area contributed by atoms with Crippen molar-refractivity contribution in [2.24, 2.45) is 0 Å². The molecule has 0 heterocycles. The van der Waals surface area contributed by atoms with Gasteiger partial charge in [0.25, 0.3) is 0 Å². The van der Waals surface area contributed by atoms with Crippen molar-refractivity contribution in [3.05, 3.63) is 11.8 Å². The van der Waals surface area contributed by atoms with Crippen molar-refractivity contribution >= 4 is 53.0 Å². The zero-order valence-electron chi connectivity index (χ0n) is 22.9. The molecule has 0 radical (unpaired) electrons. The van der Waals surface area contributed by atoms with Crippen LogP contribution >= 0.6 is 0 Å². The molecule has 0 rings (SSSR count). The third-order valence-corrected chi connectivity index (χ3v) is 5.49. The predicted molar refractivity (Wildman–Crippen MR) is 149 cm³/mol. The Bertz CT molecular complexity index is 768. The summed E-state index contributed by atoms with van der Waals surface area (Å²) < 4.78 is 0. The number of carbonyl (C=O) groups is 5. The molecule has 14 heteroatoms. The molecule has 3 N–H and O–H groups in total. The van der Waals surface area contributed by atoms with E-state index in [2.05, 4.69) is 16.0 Å². The van der Waals surface area contributed by atoms with Gasteiger partial charge in [0.15, 0.2) is 0 Å². The summed E-state index contributed by atoms with van der Waals surface area (Å²) >= 11 is 0. The Kier molecular flexibility index (Phi) is 17.9. The Morgan fingerprint density at radius 1 is 0.694 bits per heavy atom. The third kappa shape index (κ3) is 14.0. The molecule has 0 aliphatic carbocycles. The van der Waals surface area contributed by atoms with Crippen LogP contribution in [0.2, 0.25) is 19.0 Å². The van der Waals surface area contributed by atoms with Gasteiger partial charge in [0.1, 0.15) is 29.3 Å². The first kappa shape index (κ1) is 33.2. The van der Waals surface area contributed by atoms with Crippen LogP contribution in [0.25, 0.3) is 0 Å². The maximum absolute atomic E-state index is 12.5. The molecular weight excluding hydrogens is 461 g/mol. The molecular formula is C22H43B3N6O5. The number of allylic oxidation sites excluding steroid dienone is 1. The summed E-state index contributed by atoms with van der Waals surface area (Å²) in [6, 6.07) is 0. The Hall–Kier alpha value is -2.76. The van der Waals surface area contributed by atoms with E-state index in [4.69, 9.17) is 0 Å². The van der Waals surface area contributed by atoms with Gasteiger partial charge in [-0.15, -0.1) is 0 Å². The molecule has 0 atom stereocenters. The molecule has 200 valence electrons. The number of nitrogens with zero attached hydrogens (tertiary/aromatic N) is 3. The van der Waals surface area contributed by atoms with Gasteiger partial charge in [-0.2, -0.15) is 0 Å². The Morgan fingerprint density at radius 2 is 1.14 bits per heavy atom. The van der Waals surface area contributed by atoms with E-state index in [1.807, 2.05) is 27.9 Å². The number of hydrogen-bond donors (Lipinski definition) is 3. The summed E-state index contributed by atoms with van der Waals surface area (Å²) in [5, 5.41) is 9.06. The third-order valence-electron chi connectivity index (χ3n) is 5.49. The fourth-order valence-corrected chi connectivity index (χ4v) is 3.43. The first-order valence-corrected chi connectivity index (χ1v) is 12.8.